The van der Waals surface area contributed by atoms with E-state index in [4.69, 9.17) is 0 Å². The van der Waals surface area contributed by atoms with Crippen molar-refractivity contribution in [2.75, 3.05) is 0 Å². The fraction of sp³-hybridized carbons (Fsp3) is 0.444. The van der Waals surface area contributed by atoms with E-state index in [0.717, 1.165) is 30.4 Å². The van der Waals surface area contributed by atoms with E-state index in [1.54, 1.807) is 37.3 Å². The smallest absolute Gasteiger partial charge is 0.244 e. The number of hydrogen-bond acceptors (Lipinski definition) is 4. The fourth-order valence-electron chi connectivity index (χ4n) is 3.00. The Bertz CT molecular complexity index is 771. The molecule has 0 aliphatic carbocycles. The van der Waals surface area contributed by atoms with Crippen LogP contribution in [0.5, 0.6) is 0 Å². The van der Waals surface area contributed by atoms with E-state index in [-0.39, 0.29) is 11.9 Å². The Morgan fingerprint density at radius 2 is 1.75 bits per heavy atom. The lowest BCUT2D eigenvalue weighted by Crippen LogP contribution is -2.32. The molecule has 0 aromatic heterocycles. The number of aliphatic hydroxyl groups excluding tert-OH is 3. The van der Waals surface area contributed by atoms with Crippen LogP contribution < -0.4 is 5.32 Å². The van der Waals surface area contributed by atoms with Crippen LogP contribution >= 0.6 is 0 Å². The number of allylic oxidation sites excluding steroid dienone is 7. The summed E-state index contributed by atoms with van der Waals surface area (Å²) in [6, 6.07) is -0.0223. The van der Waals surface area contributed by atoms with Gasteiger partial charge < -0.3 is 20.6 Å². The number of amides is 1. The zero-order valence-corrected chi connectivity index (χ0v) is 19.5. The molecule has 4 unspecified atom stereocenters. The monoisotopic (exact) mass is 441 g/mol. The minimum atomic E-state index is -1.06. The number of nitrogens with one attached hydrogen (secondary N) is 1. The Kier molecular flexibility index (Phi) is 14.0. The zero-order chi connectivity index (χ0) is 23.8. The molecular weight excluding hydrogens is 402 g/mol. The van der Waals surface area contributed by atoms with Gasteiger partial charge in [-0.3, -0.25) is 4.79 Å². The van der Waals surface area contributed by atoms with Crippen LogP contribution in [-0.4, -0.2) is 45.6 Å². The van der Waals surface area contributed by atoms with Gasteiger partial charge in [-0.15, -0.1) is 0 Å². The molecule has 4 atom stereocenters. The Balaban J connectivity index is 3.02. The van der Waals surface area contributed by atoms with E-state index in [9.17, 15) is 20.1 Å². The molecule has 0 fully saturated rings. The van der Waals surface area contributed by atoms with Crippen LogP contribution in [0.25, 0.3) is 0 Å². The lowest BCUT2D eigenvalue weighted by Gasteiger charge is -2.14. The molecule has 0 radical (unpaired) electrons. The zero-order valence-electron chi connectivity index (χ0n) is 19.5. The van der Waals surface area contributed by atoms with E-state index in [2.05, 4.69) is 24.4 Å². The Morgan fingerprint density at radius 1 is 1.00 bits per heavy atom. The third kappa shape index (κ3) is 12.4. The Labute approximate surface area is 192 Å². The van der Waals surface area contributed by atoms with Crippen molar-refractivity contribution in [3.63, 3.8) is 0 Å². The molecule has 32 heavy (non-hydrogen) atoms. The average Bonchev–Trinajstić information content (AvgIpc) is 2.75. The summed E-state index contributed by atoms with van der Waals surface area (Å²) >= 11 is 0. The van der Waals surface area contributed by atoms with Crippen molar-refractivity contribution in [3.8, 4) is 0 Å². The van der Waals surface area contributed by atoms with Crippen LogP contribution in [0.2, 0.25) is 0 Å². The van der Waals surface area contributed by atoms with Gasteiger partial charge in [-0.25, -0.2) is 0 Å². The average molecular weight is 442 g/mol. The highest BCUT2D eigenvalue weighted by molar-refractivity contribution is 5.88. The lowest BCUT2D eigenvalue weighted by atomic mass is 10.0. The van der Waals surface area contributed by atoms with Gasteiger partial charge in [-0.2, -0.15) is 0 Å². The third-order valence-electron chi connectivity index (χ3n) is 5.02. The minimum Gasteiger partial charge on any atom is -0.388 e. The van der Waals surface area contributed by atoms with Crippen LogP contribution in [-0.2, 0) is 4.79 Å². The number of aliphatic hydroxyl groups is 3. The number of carbonyl (C=O) groups excluding carboxylic acids is 1. The quantitative estimate of drug-likeness (QED) is 0.492. The van der Waals surface area contributed by atoms with Gasteiger partial charge in [0.2, 0.25) is 5.91 Å². The summed E-state index contributed by atoms with van der Waals surface area (Å²) in [6.45, 7) is 5.78. The van der Waals surface area contributed by atoms with Gasteiger partial charge >= 0.3 is 0 Å². The molecule has 1 rings (SSSR count). The molecular formula is C27H39NO4. The predicted molar refractivity (Wildman–Crippen MR) is 132 cm³/mol. The third-order valence-corrected chi connectivity index (χ3v) is 5.02. The molecule has 5 nitrogen and oxygen atoms in total. The summed E-state index contributed by atoms with van der Waals surface area (Å²) in [5.74, 6) is -0.171. The van der Waals surface area contributed by atoms with Crippen LogP contribution in [0.1, 0.15) is 52.9 Å². The number of rotatable bonds is 4. The van der Waals surface area contributed by atoms with Crippen molar-refractivity contribution in [1.82, 2.24) is 5.32 Å². The molecule has 1 aliphatic rings. The summed E-state index contributed by atoms with van der Waals surface area (Å²) in [5, 5.41) is 33.5. The summed E-state index contributed by atoms with van der Waals surface area (Å²) in [6.07, 6.45) is 22.4. The molecule has 0 spiro atoms. The van der Waals surface area contributed by atoms with Crippen LogP contribution in [0.15, 0.2) is 84.1 Å². The van der Waals surface area contributed by atoms with Crippen molar-refractivity contribution < 1.29 is 20.1 Å². The molecule has 0 aromatic rings. The van der Waals surface area contributed by atoms with Crippen molar-refractivity contribution in [2.24, 2.45) is 0 Å². The highest BCUT2D eigenvalue weighted by Crippen LogP contribution is 2.10. The van der Waals surface area contributed by atoms with Gasteiger partial charge in [0.25, 0.3) is 0 Å². The number of carbonyl (C=O) groups is 1. The lowest BCUT2D eigenvalue weighted by molar-refractivity contribution is -0.117. The maximum absolute atomic E-state index is 12.3. The van der Waals surface area contributed by atoms with E-state index in [1.165, 1.54) is 12.2 Å². The Morgan fingerprint density at radius 3 is 2.50 bits per heavy atom. The predicted octanol–water partition coefficient (Wildman–Crippen LogP) is 4.21. The molecule has 5 heteroatoms. The van der Waals surface area contributed by atoms with Crippen LogP contribution in [0.4, 0.5) is 0 Å². The van der Waals surface area contributed by atoms with Crippen molar-refractivity contribution in [2.45, 2.75) is 77.2 Å². The molecule has 0 saturated heterocycles. The van der Waals surface area contributed by atoms with E-state index >= 15 is 0 Å². The van der Waals surface area contributed by atoms with Crippen molar-refractivity contribution >= 4 is 5.91 Å². The van der Waals surface area contributed by atoms with Gasteiger partial charge in [0.15, 0.2) is 0 Å². The first-order valence-corrected chi connectivity index (χ1v) is 11.4. The number of hydrogen-bond donors (Lipinski definition) is 4. The van der Waals surface area contributed by atoms with Crippen LogP contribution in [0, 0.1) is 0 Å². The maximum Gasteiger partial charge on any atom is 0.244 e. The van der Waals surface area contributed by atoms with Crippen molar-refractivity contribution in [3.05, 3.63) is 84.1 Å². The molecule has 0 saturated carbocycles. The highest BCUT2D eigenvalue weighted by atomic mass is 16.3. The first-order chi connectivity index (χ1) is 15.3. The van der Waals surface area contributed by atoms with Gasteiger partial charge in [-0.05, 0) is 45.1 Å². The van der Waals surface area contributed by atoms with Crippen molar-refractivity contribution in [1.29, 1.82) is 0 Å². The largest absolute Gasteiger partial charge is 0.388 e. The van der Waals surface area contributed by atoms with Crippen LogP contribution in [0.3, 0.4) is 0 Å². The second-order valence-electron chi connectivity index (χ2n) is 8.07. The molecule has 1 amide bonds. The molecule has 1 heterocycles. The summed E-state index contributed by atoms with van der Waals surface area (Å²) in [7, 11) is 0. The minimum absolute atomic E-state index is 0.0223. The van der Waals surface area contributed by atoms with Gasteiger partial charge in [0.1, 0.15) is 12.2 Å². The fourth-order valence-corrected chi connectivity index (χ4v) is 3.00. The molecule has 176 valence electrons. The van der Waals surface area contributed by atoms with E-state index in [1.807, 2.05) is 25.2 Å². The maximum atomic E-state index is 12.3. The first-order valence-electron chi connectivity index (χ1n) is 11.4. The Hall–Kier alpha value is -2.47. The van der Waals surface area contributed by atoms with Gasteiger partial charge in [0.05, 0.1) is 6.10 Å². The number of unbranched alkanes of at least 4 members (excludes halogenated alkanes) is 1. The second kappa shape index (κ2) is 16.2. The molecule has 1 aliphatic heterocycles. The summed E-state index contributed by atoms with van der Waals surface area (Å²) in [4.78, 5) is 12.3. The van der Waals surface area contributed by atoms with E-state index in [0.29, 0.717) is 12.8 Å². The second-order valence-corrected chi connectivity index (χ2v) is 8.07. The standard InChI is InChI=1S/C27H39NO4/c1-4-5-6-7-15-23-16-10-9-14-22(3)24(29)17-12-18-25(30)26(31)20-21(2)13-8-11-19-27(32)28-23/h6-14,18-20,23-26,29-31H,4-5,15-17H2,1-3H3,(H,28,32). The summed E-state index contributed by atoms with van der Waals surface area (Å²) < 4.78 is 0. The first kappa shape index (κ1) is 27.6. The SMILES string of the molecule is CCCC=CCC1CC=CC=C(C)C(O)CC=CC(O)C(O)C=C(C)C=CC=CC(=O)N1. The van der Waals surface area contributed by atoms with Gasteiger partial charge in [-0.1, -0.05) is 85.8 Å². The highest BCUT2D eigenvalue weighted by Gasteiger charge is 2.11. The molecule has 0 bridgehead atoms. The topological polar surface area (TPSA) is 89.8 Å². The summed E-state index contributed by atoms with van der Waals surface area (Å²) in [5.41, 5.74) is 1.55. The molecule has 4 N–H and O–H groups in total. The van der Waals surface area contributed by atoms with Gasteiger partial charge in [0, 0.05) is 12.1 Å². The molecule has 0 aromatic carbocycles. The normalized spacial score (nSPS) is 26.6. The van der Waals surface area contributed by atoms with E-state index < -0.39 is 18.3 Å².